The molecule has 0 bridgehead atoms. The Morgan fingerprint density at radius 1 is 1.05 bits per heavy atom. The van der Waals surface area contributed by atoms with Crippen LogP contribution in [0.3, 0.4) is 0 Å². The summed E-state index contributed by atoms with van der Waals surface area (Å²) < 4.78 is 15.9. The molecule has 1 N–H and O–H groups in total. The Bertz CT molecular complexity index is 355. The van der Waals surface area contributed by atoms with Crippen LogP contribution in [-0.4, -0.2) is 40.6 Å². The van der Waals surface area contributed by atoms with Crippen LogP contribution in [0, 0.1) is 6.92 Å². The molecule has 0 saturated carbocycles. The quantitative estimate of drug-likeness (QED) is 0.659. The molecule has 0 spiro atoms. The average molecular weight is 267 g/mol. The average Bonchev–Trinajstić information content (AvgIpc) is 2.42. The predicted molar refractivity (Wildman–Crippen MR) is 76.7 cm³/mol. The lowest BCUT2D eigenvalue weighted by Crippen LogP contribution is -2.19. The molecule has 0 saturated heterocycles. The van der Waals surface area contributed by atoms with Crippen molar-refractivity contribution in [2.75, 3.05) is 40.6 Å². The normalized spacial score (nSPS) is 10.7. The van der Waals surface area contributed by atoms with E-state index in [2.05, 4.69) is 30.4 Å². The Morgan fingerprint density at radius 3 is 2.58 bits per heavy atom. The SMILES string of the molecule is COCCCOc1c(C)cccc1CNCCOC. The first-order valence-corrected chi connectivity index (χ1v) is 6.69. The monoisotopic (exact) mass is 267 g/mol. The molecule has 0 amide bonds. The largest absolute Gasteiger partial charge is 0.493 e. The van der Waals surface area contributed by atoms with E-state index in [1.54, 1.807) is 14.2 Å². The Balaban J connectivity index is 2.51. The van der Waals surface area contributed by atoms with Crippen LogP contribution in [0.4, 0.5) is 0 Å². The number of benzene rings is 1. The highest BCUT2D eigenvalue weighted by Crippen LogP contribution is 2.23. The van der Waals surface area contributed by atoms with Gasteiger partial charge in [-0.15, -0.1) is 0 Å². The number of para-hydroxylation sites is 1. The number of methoxy groups -OCH3 is 2. The van der Waals surface area contributed by atoms with E-state index in [0.29, 0.717) is 6.61 Å². The standard InChI is InChI=1S/C15H25NO3/c1-13-6-4-7-14(12-16-8-11-18-3)15(13)19-10-5-9-17-2/h4,6-7,16H,5,8-12H2,1-3H3. The van der Waals surface area contributed by atoms with Gasteiger partial charge in [-0.3, -0.25) is 0 Å². The maximum atomic E-state index is 5.88. The summed E-state index contributed by atoms with van der Waals surface area (Å²) in [4.78, 5) is 0. The van der Waals surface area contributed by atoms with Gasteiger partial charge in [-0.25, -0.2) is 0 Å². The molecule has 0 unspecified atom stereocenters. The van der Waals surface area contributed by atoms with E-state index in [1.807, 2.05) is 0 Å². The van der Waals surface area contributed by atoms with Gasteiger partial charge < -0.3 is 19.5 Å². The predicted octanol–water partition coefficient (Wildman–Crippen LogP) is 2.15. The van der Waals surface area contributed by atoms with Crippen LogP contribution in [0.15, 0.2) is 18.2 Å². The Labute approximate surface area is 116 Å². The van der Waals surface area contributed by atoms with Crippen LogP contribution in [-0.2, 0) is 16.0 Å². The van der Waals surface area contributed by atoms with E-state index < -0.39 is 0 Å². The lowest BCUT2D eigenvalue weighted by atomic mass is 10.1. The molecule has 1 aromatic carbocycles. The summed E-state index contributed by atoms with van der Waals surface area (Å²) in [5, 5.41) is 3.34. The summed E-state index contributed by atoms with van der Waals surface area (Å²) in [5.74, 6) is 0.989. The maximum Gasteiger partial charge on any atom is 0.126 e. The van der Waals surface area contributed by atoms with Gasteiger partial charge in [0.15, 0.2) is 0 Å². The van der Waals surface area contributed by atoms with Crippen LogP contribution >= 0.6 is 0 Å². The lowest BCUT2D eigenvalue weighted by Gasteiger charge is -2.14. The zero-order valence-electron chi connectivity index (χ0n) is 12.2. The van der Waals surface area contributed by atoms with Crippen molar-refractivity contribution < 1.29 is 14.2 Å². The fourth-order valence-corrected chi connectivity index (χ4v) is 1.83. The maximum absolute atomic E-state index is 5.88. The molecule has 19 heavy (non-hydrogen) atoms. The van der Waals surface area contributed by atoms with Crippen molar-refractivity contribution in [1.82, 2.24) is 5.32 Å². The first kappa shape index (κ1) is 16.0. The van der Waals surface area contributed by atoms with Crippen molar-refractivity contribution in [2.45, 2.75) is 19.9 Å². The van der Waals surface area contributed by atoms with Gasteiger partial charge in [0.1, 0.15) is 5.75 Å². The van der Waals surface area contributed by atoms with Crippen molar-refractivity contribution in [2.24, 2.45) is 0 Å². The molecule has 0 aliphatic carbocycles. The molecule has 108 valence electrons. The summed E-state index contributed by atoms with van der Waals surface area (Å²) in [6.07, 6.45) is 0.904. The van der Waals surface area contributed by atoms with Gasteiger partial charge in [0, 0.05) is 45.9 Å². The van der Waals surface area contributed by atoms with E-state index in [-0.39, 0.29) is 0 Å². The molecule has 4 heteroatoms. The lowest BCUT2D eigenvalue weighted by molar-refractivity contribution is 0.171. The van der Waals surface area contributed by atoms with Crippen molar-refractivity contribution >= 4 is 0 Å². The Kier molecular flexibility index (Phi) is 8.21. The van der Waals surface area contributed by atoms with Gasteiger partial charge in [0.2, 0.25) is 0 Å². The highest BCUT2D eigenvalue weighted by atomic mass is 16.5. The zero-order chi connectivity index (χ0) is 13.9. The summed E-state index contributed by atoms with van der Waals surface area (Å²) in [7, 11) is 3.41. The number of hydrogen-bond donors (Lipinski definition) is 1. The molecule has 0 aliphatic rings. The van der Waals surface area contributed by atoms with Crippen molar-refractivity contribution in [3.63, 3.8) is 0 Å². The molecule has 0 atom stereocenters. The van der Waals surface area contributed by atoms with Crippen LogP contribution < -0.4 is 10.1 Å². The summed E-state index contributed by atoms with van der Waals surface area (Å²) in [5.41, 5.74) is 2.36. The molecule has 4 nitrogen and oxygen atoms in total. The topological polar surface area (TPSA) is 39.7 Å². The minimum Gasteiger partial charge on any atom is -0.493 e. The van der Waals surface area contributed by atoms with E-state index >= 15 is 0 Å². The molecule has 0 fully saturated rings. The number of hydrogen-bond acceptors (Lipinski definition) is 4. The Morgan fingerprint density at radius 2 is 1.84 bits per heavy atom. The van der Waals surface area contributed by atoms with Gasteiger partial charge in [-0.1, -0.05) is 18.2 Å². The van der Waals surface area contributed by atoms with Crippen molar-refractivity contribution in [3.8, 4) is 5.75 Å². The number of nitrogens with one attached hydrogen (secondary N) is 1. The van der Waals surface area contributed by atoms with Crippen LogP contribution in [0.25, 0.3) is 0 Å². The number of rotatable bonds is 10. The van der Waals surface area contributed by atoms with Crippen molar-refractivity contribution in [3.05, 3.63) is 29.3 Å². The first-order valence-electron chi connectivity index (χ1n) is 6.69. The van der Waals surface area contributed by atoms with Gasteiger partial charge in [-0.05, 0) is 12.5 Å². The third kappa shape index (κ3) is 6.05. The molecule has 0 aromatic heterocycles. The second kappa shape index (κ2) is 9.78. The van der Waals surface area contributed by atoms with Gasteiger partial charge in [0.25, 0.3) is 0 Å². The Hall–Kier alpha value is -1.10. The van der Waals surface area contributed by atoms with E-state index in [1.165, 1.54) is 11.1 Å². The zero-order valence-corrected chi connectivity index (χ0v) is 12.2. The second-order valence-corrected chi connectivity index (χ2v) is 4.43. The third-order valence-corrected chi connectivity index (χ3v) is 2.83. The van der Waals surface area contributed by atoms with E-state index in [9.17, 15) is 0 Å². The van der Waals surface area contributed by atoms with Gasteiger partial charge in [-0.2, -0.15) is 0 Å². The summed E-state index contributed by atoms with van der Waals surface area (Å²) in [6, 6.07) is 6.23. The van der Waals surface area contributed by atoms with Crippen molar-refractivity contribution in [1.29, 1.82) is 0 Å². The molecule has 0 radical (unpaired) electrons. The third-order valence-electron chi connectivity index (χ3n) is 2.83. The summed E-state index contributed by atoms with van der Waals surface area (Å²) >= 11 is 0. The molecule has 0 heterocycles. The van der Waals surface area contributed by atoms with Crippen LogP contribution in [0.2, 0.25) is 0 Å². The van der Waals surface area contributed by atoms with Crippen LogP contribution in [0.5, 0.6) is 5.75 Å². The highest BCUT2D eigenvalue weighted by molar-refractivity contribution is 5.40. The highest BCUT2D eigenvalue weighted by Gasteiger charge is 2.06. The van der Waals surface area contributed by atoms with Gasteiger partial charge >= 0.3 is 0 Å². The fourth-order valence-electron chi connectivity index (χ4n) is 1.83. The molecule has 1 aromatic rings. The van der Waals surface area contributed by atoms with E-state index in [0.717, 1.165) is 38.5 Å². The molecular formula is C15H25NO3. The molecule has 0 aliphatic heterocycles. The number of aryl methyl sites for hydroxylation is 1. The fraction of sp³-hybridized carbons (Fsp3) is 0.600. The van der Waals surface area contributed by atoms with Crippen LogP contribution in [0.1, 0.15) is 17.5 Å². The summed E-state index contributed by atoms with van der Waals surface area (Å²) in [6.45, 7) is 5.84. The molecular weight excluding hydrogens is 242 g/mol. The van der Waals surface area contributed by atoms with E-state index in [4.69, 9.17) is 14.2 Å². The smallest absolute Gasteiger partial charge is 0.126 e. The first-order chi connectivity index (χ1) is 9.29. The van der Waals surface area contributed by atoms with Gasteiger partial charge in [0.05, 0.1) is 13.2 Å². The minimum absolute atomic E-state index is 0.684. The second-order valence-electron chi connectivity index (χ2n) is 4.43. The minimum atomic E-state index is 0.684. The molecule has 1 rings (SSSR count). The number of ether oxygens (including phenoxy) is 3.